The Labute approximate surface area is 123 Å². The highest BCUT2D eigenvalue weighted by molar-refractivity contribution is 7.89. The zero-order valence-electron chi connectivity index (χ0n) is 11.7. The molecule has 1 atom stereocenters. The van der Waals surface area contributed by atoms with Crippen molar-refractivity contribution < 1.29 is 22.7 Å². The zero-order valence-corrected chi connectivity index (χ0v) is 12.5. The van der Waals surface area contributed by atoms with E-state index in [1.165, 1.54) is 19.1 Å². The Morgan fingerprint density at radius 1 is 1.24 bits per heavy atom. The molecular weight excluding hydrogens is 296 g/mol. The van der Waals surface area contributed by atoms with Crippen LogP contribution in [0.3, 0.4) is 0 Å². The fourth-order valence-electron chi connectivity index (χ4n) is 1.92. The molecule has 0 bridgehead atoms. The number of ether oxygens (including phenoxy) is 2. The molecule has 1 amide bonds. The van der Waals surface area contributed by atoms with Gasteiger partial charge in [-0.1, -0.05) is 0 Å². The Morgan fingerprint density at radius 2 is 1.95 bits per heavy atom. The summed E-state index contributed by atoms with van der Waals surface area (Å²) in [7, 11) is -3.62. The summed E-state index contributed by atoms with van der Waals surface area (Å²) in [6, 6.07) is 5.67. The highest BCUT2D eigenvalue weighted by Crippen LogP contribution is 2.15. The van der Waals surface area contributed by atoms with E-state index in [0.29, 0.717) is 18.7 Å². The first kappa shape index (κ1) is 15.9. The van der Waals surface area contributed by atoms with Crippen LogP contribution in [0.2, 0.25) is 0 Å². The summed E-state index contributed by atoms with van der Waals surface area (Å²) in [6.07, 6.45) is 0.559. The molecule has 0 saturated carbocycles. The second-order valence-electron chi connectivity index (χ2n) is 4.71. The standard InChI is InChI=1S/C13H18N2O5S/c1-10(16)14-11-2-4-13(5-3-11)21(17,18)15-12-6-7-19-9-20-8-12/h2-5,12,15H,6-9H2,1H3,(H,14,16). The van der Waals surface area contributed by atoms with Gasteiger partial charge in [-0.2, -0.15) is 0 Å². The number of sulfonamides is 1. The van der Waals surface area contributed by atoms with E-state index >= 15 is 0 Å². The molecule has 116 valence electrons. The smallest absolute Gasteiger partial charge is 0.240 e. The summed E-state index contributed by atoms with van der Waals surface area (Å²) in [5, 5.41) is 2.58. The van der Waals surface area contributed by atoms with Gasteiger partial charge in [-0.05, 0) is 30.7 Å². The van der Waals surface area contributed by atoms with E-state index in [-0.39, 0.29) is 30.2 Å². The number of carbonyl (C=O) groups excluding carboxylic acids is 1. The second-order valence-corrected chi connectivity index (χ2v) is 6.42. The Morgan fingerprint density at radius 3 is 2.62 bits per heavy atom. The van der Waals surface area contributed by atoms with Crippen LogP contribution in [-0.4, -0.2) is 40.4 Å². The summed E-state index contributed by atoms with van der Waals surface area (Å²) in [5.74, 6) is -0.209. The van der Waals surface area contributed by atoms with Crippen molar-refractivity contribution in [3.63, 3.8) is 0 Å². The number of rotatable bonds is 4. The minimum absolute atomic E-state index is 0.141. The van der Waals surface area contributed by atoms with Crippen molar-refractivity contribution in [3.05, 3.63) is 24.3 Å². The Bertz CT molecular complexity index is 577. The maximum absolute atomic E-state index is 12.3. The highest BCUT2D eigenvalue weighted by Gasteiger charge is 2.21. The summed E-state index contributed by atoms with van der Waals surface area (Å²) in [5.41, 5.74) is 0.549. The van der Waals surface area contributed by atoms with Crippen LogP contribution in [0.1, 0.15) is 13.3 Å². The number of benzene rings is 1. The van der Waals surface area contributed by atoms with E-state index < -0.39 is 10.0 Å². The Kier molecular flexibility index (Phi) is 5.29. The lowest BCUT2D eigenvalue weighted by molar-refractivity contribution is -0.114. The van der Waals surface area contributed by atoms with Crippen LogP contribution in [0.15, 0.2) is 29.2 Å². The first-order valence-corrected chi connectivity index (χ1v) is 8.01. The van der Waals surface area contributed by atoms with Gasteiger partial charge in [0.2, 0.25) is 15.9 Å². The molecule has 0 radical (unpaired) electrons. The molecule has 1 aliphatic heterocycles. The third-order valence-corrected chi connectivity index (χ3v) is 4.44. The van der Waals surface area contributed by atoms with Crippen molar-refractivity contribution in [3.8, 4) is 0 Å². The van der Waals surface area contributed by atoms with Crippen LogP contribution in [0.5, 0.6) is 0 Å². The number of hydrogen-bond acceptors (Lipinski definition) is 5. The molecule has 1 aromatic carbocycles. The van der Waals surface area contributed by atoms with Gasteiger partial charge >= 0.3 is 0 Å². The van der Waals surface area contributed by atoms with Crippen LogP contribution in [-0.2, 0) is 24.3 Å². The molecule has 2 N–H and O–H groups in total. The van der Waals surface area contributed by atoms with Gasteiger partial charge in [0.1, 0.15) is 6.79 Å². The molecule has 2 rings (SSSR count). The lowest BCUT2D eigenvalue weighted by atomic mass is 10.2. The highest BCUT2D eigenvalue weighted by atomic mass is 32.2. The van der Waals surface area contributed by atoms with Crippen molar-refractivity contribution in [2.24, 2.45) is 0 Å². The molecule has 8 heteroatoms. The van der Waals surface area contributed by atoms with Crippen molar-refractivity contribution in [2.75, 3.05) is 25.3 Å². The van der Waals surface area contributed by atoms with Gasteiger partial charge in [0, 0.05) is 18.7 Å². The molecule has 0 aliphatic carbocycles. The lowest BCUT2D eigenvalue weighted by Crippen LogP contribution is -2.37. The van der Waals surface area contributed by atoms with E-state index in [9.17, 15) is 13.2 Å². The molecule has 1 saturated heterocycles. The van der Waals surface area contributed by atoms with Gasteiger partial charge < -0.3 is 14.8 Å². The third-order valence-electron chi connectivity index (χ3n) is 2.90. The molecule has 0 spiro atoms. The largest absolute Gasteiger partial charge is 0.355 e. The van der Waals surface area contributed by atoms with Gasteiger partial charge in [0.05, 0.1) is 18.1 Å². The number of hydrogen-bond donors (Lipinski definition) is 2. The predicted octanol–water partition coefficient (Wildman–Crippen LogP) is 0.686. The van der Waals surface area contributed by atoms with Gasteiger partial charge in [-0.3, -0.25) is 4.79 Å². The van der Waals surface area contributed by atoms with Gasteiger partial charge in [0.25, 0.3) is 0 Å². The molecule has 0 aromatic heterocycles. The van der Waals surface area contributed by atoms with Crippen LogP contribution in [0, 0.1) is 0 Å². The molecular formula is C13H18N2O5S. The van der Waals surface area contributed by atoms with Crippen molar-refractivity contribution in [1.29, 1.82) is 0 Å². The van der Waals surface area contributed by atoms with E-state index in [1.807, 2.05) is 0 Å². The average molecular weight is 314 g/mol. The Balaban J connectivity index is 2.06. The minimum Gasteiger partial charge on any atom is -0.355 e. The first-order chi connectivity index (χ1) is 9.97. The quantitative estimate of drug-likeness (QED) is 0.852. The summed E-state index contributed by atoms with van der Waals surface area (Å²) in [6.45, 7) is 2.31. The molecule has 1 aliphatic rings. The molecule has 7 nitrogen and oxygen atoms in total. The molecule has 1 unspecified atom stereocenters. The summed E-state index contributed by atoms with van der Waals surface area (Å²) in [4.78, 5) is 11.1. The number of carbonyl (C=O) groups is 1. The number of anilines is 1. The maximum Gasteiger partial charge on any atom is 0.240 e. The fraction of sp³-hybridized carbons (Fsp3) is 0.462. The van der Waals surface area contributed by atoms with Crippen LogP contribution < -0.4 is 10.0 Å². The normalized spacial score (nSPS) is 19.8. The molecule has 1 fully saturated rings. The van der Waals surface area contributed by atoms with E-state index in [0.717, 1.165) is 0 Å². The molecule has 21 heavy (non-hydrogen) atoms. The summed E-state index contributed by atoms with van der Waals surface area (Å²) >= 11 is 0. The first-order valence-electron chi connectivity index (χ1n) is 6.53. The van der Waals surface area contributed by atoms with Crippen molar-refractivity contribution in [2.45, 2.75) is 24.3 Å². The van der Waals surface area contributed by atoms with E-state index in [4.69, 9.17) is 9.47 Å². The molecule has 1 aromatic rings. The van der Waals surface area contributed by atoms with Crippen molar-refractivity contribution in [1.82, 2.24) is 4.72 Å². The van der Waals surface area contributed by atoms with Gasteiger partial charge in [-0.15, -0.1) is 0 Å². The van der Waals surface area contributed by atoms with Crippen LogP contribution in [0.4, 0.5) is 5.69 Å². The lowest BCUT2D eigenvalue weighted by Gasteiger charge is -2.15. The monoisotopic (exact) mass is 314 g/mol. The maximum atomic E-state index is 12.3. The van der Waals surface area contributed by atoms with Crippen LogP contribution in [0.25, 0.3) is 0 Å². The number of amides is 1. The Hall–Kier alpha value is -1.48. The van der Waals surface area contributed by atoms with Crippen LogP contribution >= 0.6 is 0 Å². The topological polar surface area (TPSA) is 93.7 Å². The zero-order chi connectivity index (χ0) is 15.3. The minimum atomic E-state index is -3.62. The number of nitrogens with one attached hydrogen (secondary N) is 2. The molecule has 1 heterocycles. The van der Waals surface area contributed by atoms with Gasteiger partial charge in [0.15, 0.2) is 0 Å². The average Bonchev–Trinajstić information content (AvgIpc) is 2.67. The van der Waals surface area contributed by atoms with E-state index in [2.05, 4.69) is 10.0 Å². The van der Waals surface area contributed by atoms with Gasteiger partial charge in [-0.25, -0.2) is 13.1 Å². The van der Waals surface area contributed by atoms with Crippen molar-refractivity contribution >= 4 is 21.6 Å². The SMILES string of the molecule is CC(=O)Nc1ccc(S(=O)(=O)NC2CCOCOC2)cc1. The fourth-order valence-corrected chi connectivity index (χ4v) is 3.17. The summed E-state index contributed by atoms with van der Waals surface area (Å²) < 4.78 is 37.3. The van der Waals surface area contributed by atoms with E-state index in [1.54, 1.807) is 12.1 Å². The predicted molar refractivity (Wildman–Crippen MR) is 76.2 cm³/mol. The third kappa shape index (κ3) is 4.78. The second kappa shape index (κ2) is 6.99.